The standard InChI is InChI=1S/C14H25N3/c1-4-6-14(7-8-14)11-15-10-13-5-9-17(16-13)12(2)3/h5,9,12,15H,4,6-8,10-11H2,1-3H3. The second-order valence-corrected chi connectivity index (χ2v) is 5.73. The van der Waals surface area contributed by atoms with Gasteiger partial charge < -0.3 is 5.32 Å². The second kappa shape index (κ2) is 5.21. The van der Waals surface area contributed by atoms with E-state index in [1.54, 1.807) is 0 Å². The summed E-state index contributed by atoms with van der Waals surface area (Å²) in [5.74, 6) is 0. The molecule has 0 unspecified atom stereocenters. The van der Waals surface area contributed by atoms with Crippen molar-refractivity contribution in [1.29, 1.82) is 0 Å². The topological polar surface area (TPSA) is 29.9 Å². The van der Waals surface area contributed by atoms with E-state index in [0.717, 1.165) is 18.8 Å². The summed E-state index contributed by atoms with van der Waals surface area (Å²) in [7, 11) is 0. The molecule has 3 heteroatoms. The highest BCUT2D eigenvalue weighted by Crippen LogP contribution is 2.48. The van der Waals surface area contributed by atoms with Crippen LogP contribution >= 0.6 is 0 Å². The van der Waals surface area contributed by atoms with Gasteiger partial charge in [-0.2, -0.15) is 5.10 Å². The molecule has 17 heavy (non-hydrogen) atoms. The fourth-order valence-electron chi connectivity index (χ4n) is 2.44. The second-order valence-electron chi connectivity index (χ2n) is 5.73. The maximum Gasteiger partial charge on any atom is 0.0762 e. The smallest absolute Gasteiger partial charge is 0.0762 e. The molecule has 0 spiro atoms. The lowest BCUT2D eigenvalue weighted by Crippen LogP contribution is -2.23. The van der Waals surface area contributed by atoms with Crippen LogP contribution in [0.4, 0.5) is 0 Å². The van der Waals surface area contributed by atoms with Crippen LogP contribution in [0.25, 0.3) is 0 Å². The molecule has 2 rings (SSSR count). The summed E-state index contributed by atoms with van der Waals surface area (Å²) in [4.78, 5) is 0. The van der Waals surface area contributed by atoms with Gasteiger partial charge in [0.1, 0.15) is 0 Å². The highest BCUT2D eigenvalue weighted by molar-refractivity contribution is 5.00. The first-order valence-electron chi connectivity index (χ1n) is 6.90. The van der Waals surface area contributed by atoms with Crippen molar-refractivity contribution in [2.75, 3.05) is 6.54 Å². The van der Waals surface area contributed by atoms with Crippen LogP contribution in [-0.2, 0) is 6.54 Å². The summed E-state index contributed by atoms with van der Waals surface area (Å²) in [6, 6.07) is 2.57. The molecule has 96 valence electrons. The molecule has 0 radical (unpaired) electrons. The molecule has 0 bridgehead atoms. The van der Waals surface area contributed by atoms with Crippen molar-refractivity contribution in [1.82, 2.24) is 15.1 Å². The van der Waals surface area contributed by atoms with Gasteiger partial charge in [-0.25, -0.2) is 0 Å². The predicted molar refractivity (Wildman–Crippen MR) is 70.9 cm³/mol. The van der Waals surface area contributed by atoms with E-state index in [0.29, 0.717) is 11.5 Å². The highest BCUT2D eigenvalue weighted by Gasteiger charge is 2.40. The lowest BCUT2D eigenvalue weighted by molar-refractivity contribution is 0.418. The third kappa shape index (κ3) is 3.32. The van der Waals surface area contributed by atoms with Crippen LogP contribution in [0.2, 0.25) is 0 Å². The molecular weight excluding hydrogens is 210 g/mol. The van der Waals surface area contributed by atoms with Crippen molar-refractivity contribution in [3.8, 4) is 0 Å². The van der Waals surface area contributed by atoms with Crippen LogP contribution in [0.3, 0.4) is 0 Å². The van der Waals surface area contributed by atoms with Crippen molar-refractivity contribution in [3.63, 3.8) is 0 Å². The first-order chi connectivity index (χ1) is 8.15. The average molecular weight is 235 g/mol. The zero-order chi connectivity index (χ0) is 12.3. The largest absolute Gasteiger partial charge is 0.311 e. The van der Waals surface area contributed by atoms with Gasteiger partial charge in [0, 0.05) is 25.3 Å². The molecule has 1 aliphatic rings. The number of hydrogen-bond acceptors (Lipinski definition) is 2. The summed E-state index contributed by atoms with van der Waals surface area (Å²) in [6.07, 6.45) is 7.58. The van der Waals surface area contributed by atoms with Crippen molar-refractivity contribution in [2.45, 2.75) is 59.0 Å². The minimum absolute atomic E-state index is 0.457. The lowest BCUT2D eigenvalue weighted by atomic mass is 10.0. The van der Waals surface area contributed by atoms with Gasteiger partial charge in [0.2, 0.25) is 0 Å². The molecule has 1 aromatic heterocycles. The van der Waals surface area contributed by atoms with Crippen molar-refractivity contribution in [2.24, 2.45) is 5.41 Å². The van der Waals surface area contributed by atoms with Crippen LogP contribution < -0.4 is 5.32 Å². The fourth-order valence-corrected chi connectivity index (χ4v) is 2.44. The van der Waals surface area contributed by atoms with E-state index in [4.69, 9.17) is 0 Å². The van der Waals surface area contributed by atoms with E-state index < -0.39 is 0 Å². The number of nitrogens with one attached hydrogen (secondary N) is 1. The van der Waals surface area contributed by atoms with E-state index >= 15 is 0 Å². The Balaban J connectivity index is 1.74. The molecule has 1 aliphatic carbocycles. The molecule has 1 fully saturated rings. The third-order valence-electron chi connectivity index (χ3n) is 3.74. The third-order valence-corrected chi connectivity index (χ3v) is 3.74. The van der Waals surface area contributed by atoms with Gasteiger partial charge >= 0.3 is 0 Å². The minimum atomic E-state index is 0.457. The molecule has 1 heterocycles. The number of aromatic nitrogens is 2. The van der Waals surface area contributed by atoms with Gasteiger partial charge in [0.25, 0.3) is 0 Å². The molecule has 3 nitrogen and oxygen atoms in total. The Bertz CT molecular complexity index is 350. The number of nitrogens with zero attached hydrogens (tertiary/aromatic N) is 2. The normalized spacial score (nSPS) is 17.6. The molecule has 1 saturated carbocycles. The molecule has 0 atom stereocenters. The molecule has 0 amide bonds. The summed E-state index contributed by atoms with van der Waals surface area (Å²) in [6.45, 7) is 8.67. The van der Waals surface area contributed by atoms with Gasteiger partial charge in [-0.05, 0) is 44.6 Å². The molecular formula is C14H25N3. The Morgan fingerprint density at radius 1 is 1.47 bits per heavy atom. The lowest BCUT2D eigenvalue weighted by Gasteiger charge is -2.14. The van der Waals surface area contributed by atoms with Gasteiger partial charge in [-0.3, -0.25) is 4.68 Å². The molecule has 1 N–H and O–H groups in total. The maximum absolute atomic E-state index is 4.55. The van der Waals surface area contributed by atoms with Crippen LogP contribution in [0.15, 0.2) is 12.3 Å². The Morgan fingerprint density at radius 2 is 2.24 bits per heavy atom. The van der Waals surface area contributed by atoms with E-state index in [-0.39, 0.29) is 0 Å². The number of rotatable bonds is 7. The van der Waals surface area contributed by atoms with Crippen LogP contribution in [-0.4, -0.2) is 16.3 Å². The van der Waals surface area contributed by atoms with Crippen molar-refractivity contribution < 1.29 is 0 Å². The first kappa shape index (κ1) is 12.6. The van der Waals surface area contributed by atoms with Crippen LogP contribution in [0.5, 0.6) is 0 Å². The molecule has 1 aromatic rings. The molecule has 0 aliphatic heterocycles. The van der Waals surface area contributed by atoms with E-state index in [1.807, 2.05) is 4.68 Å². The Hall–Kier alpha value is -0.830. The summed E-state index contributed by atoms with van der Waals surface area (Å²) in [5.41, 5.74) is 1.79. The molecule has 0 aromatic carbocycles. The maximum atomic E-state index is 4.55. The monoisotopic (exact) mass is 235 g/mol. The zero-order valence-electron chi connectivity index (χ0n) is 11.4. The summed E-state index contributed by atoms with van der Waals surface area (Å²) >= 11 is 0. The van der Waals surface area contributed by atoms with Gasteiger partial charge in [-0.15, -0.1) is 0 Å². The Morgan fingerprint density at radius 3 is 2.76 bits per heavy atom. The van der Waals surface area contributed by atoms with Crippen LogP contribution in [0, 0.1) is 5.41 Å². The summed E-state index contributed by atoms with van der Waals surface area (Å²) < 4.78 is 2.02. The average Bonchev–Trinajstić information content (AvgIpc) is 2.88. The predicted octanol–water partition coefficient (Wildman–Crippen LogP) is 3.13. The Kier molecular flexibility index (Phi) is 3.87. The van der Waals surface area contributed by atoms with E-state index in [2.05, 4.69) is 43.4 Å². The Labute approximate surface area is 105 Å². The summed E-state index contributed by atoms with van der Waals surface area (Å²) in [5, 5.41) is 8.12. The van der Waals surface area contributed by atoms with Gasteiger partial charge in [0.15, 0.2) is 0 Å². The van der Waals surface area contributed by atoms with Gasteiger partial charge in [-0.1, -0.05) is 13.3 Å². The highest BCUT2D eigenvalue weighted by atomic mass is 15.3. The van der Waals surface area contributed by atoms with Crippen LogP contribution in [0.1, 0.15) is 58.2 Å². The van der Waals surface area contributed by atoms with Crippen molar-refractivity contribution in [3.05, 3.63) is 18.0 Å². The van der Waals surface area contributed by atoms with Gasteiger partial charge in [0.05, 0.1) is 5.69 Å². The zero-order valence-corrected chi connectivity index (χ0v) is 11.4. The van der Waals surface area contributed by atoms with E-state index in [1.165, 1.54) is 25.7 Å². The minimum Gasteiger partial charge on any atom is -0.311 e. The SMILES string of the molecule is CCCC1(CNCc2ccn(C(C)C)n2)CC1. The fraction of sp³-hybridized carbons (Fsp3) is 0.786. The first-order valence-corrected chi connectivity index (χ1v) is 6.90. The van der Waals surface area contributed by atoms with E-state index in [9.17, 15) is 0 Å². The number of hydrogen-bond donors (Lipinski definition) is 1. The quantitative estimate of drug-likeness (QED) is 0.787. The molecule has 0 saturated heterocycles. The van der Waals surface area contributed by atoms with Crippen molar-refractivity contribution >= 4 is 0 Å².